The number of fused-ring (bicyclic) bond motifs is 2. The summed E-state index contributed by atoms with van der Waals surface area (Å²) in [4.78, 5) is 4.33. The van der Waals surface area contributed by atoms with Gasteiger partial charge >= 0.3 is 0 Å². The van der Waals surface area contributed by atoms with Crippen LogP contribution in [0.25, 0.3) is 11.9 Å². The second-order valence-electron chi connectivity index (χ2n) is 2.68. The molecule has 6 heteroatoms. The van der Waals surface area contributed by atoms with Crippen molar-refractivity contribution < 1.29 is 0 Å². The lowest BCUT2D eigenvalue weighted by Gasteiger charge is -2.07. The van der Waals surface area contributed by atoms with Gasteiger partial charge in [0.25, 0.3) is 5.78 Å². The molecule has 0 radical (unpaired) electrons. The Balaban J connectivity index is 2.36. The smallest absolute Gasteiger partial charge is 0.213 e. The predicted octanol–water partition coefficient (Wildman–Crippen LogP) is 0.737. The molecular weight excluding hydrogens is 186 g/mol. The Labute approximate surface area is 77.9 Å². The maximum Gasteiger partial charge on any atom is 0.273 e. The highest BCUT2D eigenvalue weighted by Gasteiger charge is 2.09. The van der Waals surface area contributed by atoms with Gasteiger partial charge in [-0.1, -0.05) is 5.10 Å². The first-order valence-corrected chi connectivity index (χ1v) is 4.84. The molecule has 0 spiro atoms. The lowest BCUT2D eigenvalue weighted by atomic mass is 10.2. The number of nitrogens with zero attached hydrogens (tertiary/aromatic N) is 5. The van der Waals surface area contributed by atoms with E-state index in [-0.39, 0.29) is 0 Å². The number of hydrogen-bond donors (Lipinski definition) is 0. The Hall–Kier alpha value is -1.43. The minimum atomic E-state index is 0.564. The van der Waals surface area contributed by atoms with Crippen LogP contribution in [-0.2, 0) is 5.75 Å². The SMILES string of the molecule is C1=Cc2cn3nnnc3nc2CS1. The molecule has 1 aliphatic heterocycles. The summed E-state index contributed by atoms with van der Waals surface area (Å²) in [5, 5.41) is 13.2. The van der Waals surface area contributed by atoms with Crippen LogP contribution in [0, 0.1) is 0 Å². The van der Waals surface area contributed by atoms with Gasteiger partial charge in [0.15, 0.2) is 0 Å². The van der Waals surface area contributed by atoms with Crippen LogP contribution in [0.5, 0.6) is 0 Å². The van der Waals surface area contributed by atoms with Crippen molar-refractivity contribution in [2.24, 2.45) is 0 Å². The van der Waals surface area contributed by atoms with Crippen molar-refractivity contribution in [3.8, 4) is 0 Å². The maximum atomic E-state index is 4.33. The molecule has 0 saturated carbocycles. The molecule has 0 fully saturated rings. The van der Waals surface area contributed by atoms with Gasteiger partial charge in [-0.2, -0.15) is 4.52 Å². The Morgan fingerprint density at radius 3 is 3.46 bits per heavy atom. The van der Waals surface area contributed by atoms with Crippen molar-refractivity contribution in [2.45, 2.75) is 5.75 Å². The number of hydrogen-bond acceptors (Lipinski definition) is 5. The third kappa shape index (κ3) is 1.02. The van der Waals surface area contributed by atoms with Gasteiger partial charge in [-0.25, -0.2) is 4.98 Å². The van der Waals surface area contributed by atoms with Crippen LogP contribution in [-0.4, -0.2) is 25.0 Å². The fourth-order valence-electron chi connectivity index (χ4n) is 1.24. The van der Waals surface area contributed by atoms with Crippen molar-refractivity contribution in [2.75, 3.05) is 0 Å². The molecule has 2 aromatic rings. The van der Waals surface area contributed by atoms with Crippen molar-refractivity contribution in [3.05, 3.63) is 22.9 Å². The quantitative estimate of drug-likeness (QED) is 0.614. The Morgan fingerprint density at radius 1 is 1.46 bits per heavy atom. The lowest BCUT2D eigenvalue weighted by molar-refractivity contribution is 0.818. The van der Waals surface area contributed by atoms with Gasteiger partial charge in [0.05, 0.1) is 5.69 Å². The Morgan fingerprint density at radius 2 is 2.46 bits per heavy atom. The van der Waals surface area contributed by atoms with Gasteiger partial charge in [-0.3, -0.25) is 0 Å². The summed E-state index contributed by atoms with van der Waals surface area (Å²) in [6.45, 7) is 0. The first-order chi connectivity index (χ1) is 6.43. The average molecular weight is 191 g/mol. The largest absolute Gasteiger partial charge is 0.273 e. The van der Waals surface area contributed by atoms with E-state index in [0.29, 0.717) is 5.78 Å². The lowest BCUT2D eigenvalue weighted by Crippen LogP contribution is -2.00. The molecule has 0 bridgehead atoms. The third-order valence-electron chi connectivity index (χ3n) is 1.87. The fraction of sp³-hybridized carbons (Fsp3) is 0.143. The van der Waals surface area contributed by atoms with Crippen molar-refractivity contribution in [3.63, 3.8) is 0 Å². The first-order valence-electron chi connectivity index (χ1n) is 3.79. The van der Waals surface area contributed by atoms with Crippen LogP contribution < -0.4 is 0 Å². The van der Waals surface area contributed by atoms with E-state index in [0.717, 1.165) is 17.0 Å². The summed E-state index contributed by atoms with van der Waals surface area (Å²) in [6.07, 6.45) is 3.92. The molecule has 2 aromatic heterocycles. The number of rotatable bonds is 0. The number of aromatic nitrogens is 5. The van der Waals surface area contributed by atoms with Gasteiger partial charge in [-0.15, -0.1) is 11.8 Å². The summed E-state index contributed by atoms with van der Waals surface area (Å²) in [6, 6.07) is 0. The van der Waals surface area contributed by atoms with E-state index >= 15 is 0 Å². The summed E-state index contributed by atoms with van der Waals surface area (Å²) in [5.41, 5.74) is 2.15. The monoisotopic (exact) mass is 191 g/mol. The van der Waals surface area contributed by atoms with E-state index in [2.05, 4.69) is 25.9 Å². The van der Waals surface area contributed by atoms with Crippen LogP contribution in [0.1, 0.15) is 11.3 Å². The van der Waals surface area contributed by atoms with Crippen molar-refractivity contribution in [1.82, 2.24) is 25.0 Å². The maximum absolute atomic E-state index is 4.33. The second-order valence-corrected chi connectivity index (χ2v) is 3.57. The highest BCUT2D eigenvalue weighted by atomic mass is 32.2. The molecule has 64 valence electrons. The average Bonchev–Trinajstić information content (AvgIpc) is 2.61. The summed E-state index contributed by atoms with van der Waals surface area (Å²) >= 11 is 1.73. The molecule has 0 amide bonds. The third-order valence-corrected chi connectivity index (χ3v) is 2.64. The van der Waals surface area contributed by atoms with Gasteiger partial charge in [-0.05, 0) is 21.9 Å². The zero-order valence-electron chi connectivity index (χ0n) is 6.58. The van der Waals surface area contributed by atoms with E-state index in [1.807, 2.05) is 12.3 Å². The number of tetrazole rings is 1. The minimum Gasteiger partial charge on any atom is -0.213 e. The zero-order chi connectivity index (χ0) is 8.67. The first kappa shape index (κ1) is 7.02. The van der Waals surface area contributed by atoms with Gasteiger partial charge in [0.2, 0.25) is 0 Å². The fourth-order valence-corrected chi connectivity index (χ4v) is 1.97. The molecule has 0 N–H and O–H groups in total. The van der Waals surface area contributed by atoms with Gasteiger partial charge in [0, 0.05) is 17.5 Å². The van der Waals surface area contributed by atoms with E-state index in [9.17, 15) is 0 Å². The van der Waals surface area contributed by atoms with Crippen LogP contribution in [0.3, 0.4) is 0 Å². The molecule has 0 unspecified atom stereocenters. The van der Waals surface area contributed by atoms with Crippen LogP contribution >= 0.6 is 11.8 Å². The molecular formula is C7H5N5S. The molecule has 0 saturated heterocycles. The van der Waals surface area contributed by atoms with Crippen LogP contribution in [0.15, 0.2) is 11.6 Å². The highest BCUT2D eigenvalue weighted by Crippen LogP contribution is 2.23. The molecule has 13 heavy (non-hydrogen) atoms. The molecule has 3 heterocycles. The van der Waals surface area contributed by atoms with E-state index < -0.39 is 0 Å². The molecule has 0 atom stereocenters. The predicted molar refractivity (Wildman–Crippen MR) is 48.9 cm³/mol. The topological polar surface area (TPSA) is 56.0 Å². The summed E-state index contributed by atoms with van der Waals surface area (Å²) < 4.78 is 1.58. The molecule has 0 aromatic carbocycles. The highest BCUT2D eigenvalue weighted by molar-refractivity contribution is 8.01. The van der Waals surface area contributed by atoms with Gasteiger partial charge < -0.3 is 0 Å². The van der Waals surface area contributed by atoms with Crippen LogP contribution in [0.2, 0.25) is 0 Å². The van der Waals surface area contributed by atoms with Crippen LogP contribution in [0.4, 0.5) is 0 Å². The van der Waals surface area contributed by atoms with Crippen molar-refractivity contribution in [1.29, 1.82) is 0 Å². The number of thioether (sulfide) groups is 1. The second kappa shape index (κ2) is 2.53. The molecule has 3 rings (SSSR count). The Kier molecular flexibility index (Phi) is 1.36. The summed E-state index contributed by atoms with van der Waals surface area (Å²) in [7, 11) is 0. The van der Waals surface area contributed by atoms with E-state index in [4.69, 9.17) is 0 Å². The molecule has 5 nitrogen and oxygen atoms in total. The van der Waals surface area contributed by atoms with E-state index in [1.165, 1.54) is 0 Å². The van der Waals surface area contributed by atoms with E-state index in [1.54, 1.807) is 16.3 Å². The van der Waals surface area contributed by atoms with Crippen molar-refractivity contribution >= 4 is 23.6 Å². The molecule has 0 aliphatic carbocycles. The minimum absolute atomic E-state index is 0.564. The zero-order valence-corrected chi connectivity index (χ0v) is 7.40. The van der Waals surface area contributed by atoms with Gasteiger partial charge in [0.1, 0.15) is 0 Å². The Bertz CT molecular complexity index is 489. The standard InChI is InChI=1S/C7H5N5S/c1-2-13-4-6-5(1)3-12-7(8-6)9-10-11-12/h1-3H,4H2. The normalized spacial score (nSPS) is 14.8. The molecule has 1 aliphatic rings. The summed E-state index contributed by atoms with van der Waals surface area (Å²) in [5.74, 6) is 1.46.